The summed E-state index contributed by atoms with van der Waals surface area (Å²) >= 11 is 0. The first-order chi connectivity index (χ1) is 12.4. The molecule has 26 heavy (non-hydrogen) atoms. The highest BCUT2D eigenvalue weighted by Gasteiger charge is 2.24. The summed E-state index contributed by atoms with van der Waals surface area (Å²) in [5.41, 5.74) is 5.05. The van der Waals surface area contributed by atoms with E-state index < -0.39 is 0 Å². The van der Waals surface area contributed by atoms with Gasteiger partial charge in [0.2, 0.25) is 11.8 Å². The van der Waals surface area contributed by atoms with Gasteiger partial charge in [0.1, 0.15) is 0 Å². The number of nitrogens with one attached hydrogen (secondary N) is 1. The molecular weight excluding hydrogens is 324 g/mol. The smallest absolute Gasteiger partial charge is 0.229 e. The van der Waals surface area contributed by atoms with Crippen molar-refractivity contribution < 1.29 is 9.59 Å². The molecule has 0 radical (unpaired) electrons. The molecule has 0 fully saturated rings. The van der Waals surface area contributed by atoms with Crippen molar-refractivity contribution in [1.29, 1.82) is 0 Å². The Balaban J connectivity index is 1.72. The van der Waals surface area contributed by atoms with Gasteiger partial charge in [-0.1, -0.05) is 43.7 Å². The van der Waals surface area contributed by atoms with E-state index in [4.69, 9.17) is 0 Å². The van der Waals surface area contributed by atoms with E-state index in [1.165, 1.54) is 0 Å². The van der Waals surface area contributed by atoms with Gasteiger partial charge in [0.15, 0.2) is 0 Å². The maximum Gasteiger partial charge on any atom is 0.229 e. The van der Waals surface area contributed by atoms with Crippen molar-refractivity contribution in [2.75, 3.05) is 16.8 Å². The minimum Gasteiger partial charge on any atom is -0.326 e. The average molecular weight is 350 g/mol. The van der Waals surface area contributed by atoms with Gasteiger partial charge in [-0.3, -0.25) is 9.59 Å². The number of carbonyl (C=O) groups excluding carboxylic acids is 2. The summed E-state index contributed by atoms with van der Waals surface area (Å²) < 4.78 is 0. The highest BCUT2D eigenvalue weighted by molar-refractivity contribution is 5.97. The Kier molecular flexibility index (Phi) is 5.40. The molecule has 2 amide bonds. The van der Waals surface area contributed by atoms with Crippen molar-refractivity contribution in [3.63, 3.8) is 0 Å². The lowest BCUT2D eigenvalue weighted by Crippen LogP contribution is -2.38. The topological polar surface area (TPSA) is 49.4 Å². The summed E-state index contributed by atoms with van der Waals surface area (Å²) in [6.07, 6.45) is 2.24. The van der Waals surface area contributed by atoms with Crippen LogP contribution in [0.2, 0.25) is 0 Å². The van der Waals surface area contributed by atoms with Crippen LogP contribution >= 0.6 is 0 Å². The Hall–Kier alpha value is -2.62. The van der Waals surface area contributed by atoms with E-state index in [9.17, 15) is 9.59 Å². The van der Waals surface area contributed by atoms with Crippen LogP contribution in [0.3, 0.4) is 0 Å². The number of hydrogen-bond donors (Lipinski definition) is 1. The molecule has 1 heterocycles. The summed E-state index contributed by atoms with van der Waals surface area (Å²) in [6, 6.07) is 13.8. The van der Waals surface area contributed by atoms with Crippen molar-refractivity contribution >= 4 is 23.2 Å². The van der Waals surface area contributed by atoms with Gasteiger partial charge in [-0.2, -0.15) is 0 Å². The molecule has 4 heteroatoms. The normalized spacial score (nSPS) is 13.5. The minimum atomic E-state index is -0.0264. The predicted octanol–water partition coefficient (Wildman–Crippen LogP) is 4.11. The lowest BCUT2D eigenvalue weighted by molar-refractivity contribution is -0.121. The number of aryl methyl sites for hydroxylation is 2. The lowest BCUT2D eigenvalue weighted by atomic mass is 9.99. The molecule has 1 aliphatic heterocycles. The Morgan fingerprint density at radius 2 is 1.96 bits per heavy atom. The monoisotopic (exact) mass is 350 g/mol. The number of hydrogen-bond acceptors (Lipinski definition) is 2. The van der Waals surface area contributed by atoms with E-state index in [1.54, 1.807) is 0 Å². The maximum atomic E-state index is 12.4. The van der Waals surface area contributed by atoms with Crippen molar-refractivity contribution in [3.05, 3.63) is 59.2 Å². The second-order valence-corrected chi connectivity index (χ2v) is 7.31. The second kappa shape index (κ2) is 7.73. The molecule has 4 nitrogen and oxygen atoms in total. The molecular formula is C22H26N2O2. The highest BCUT2D eigenvalue weighted by Crippen LogP contribution is 2.30. The van der Waals surface area contributed by atoms with E-state index in [0.717, 1.165) is 47.5 Å². The van der Waals surface area contributed by atoms with E-state index in [1.807, 2.05) is 68.1 Å². The predicted molar refractivity (Wildman–Crippen MR) is 105 cm³/mol. The minimum absolute atomic E-state index is 0.0188. The van der Waals surface area contributed by atoms with Gasteiger partial charge >= 0.3 is 0 Å². The number of rotatable bonds is 4. The van der Waals surface area contributed by atoms with Gasteiger partial charge in [-0.05, 0) is 49.1 Å². The molecule has 0 unspecified atom stereocenters. The van der Waals surface area contributed by atoms with Crippen LogP contribution in [-0.2, 0) is 22.4 Å². The van der Waals surface area contributed by atoms with Gasteiger partial charge in [0.25, 0.3) is 0 Å². The molecule has 1 N–H and O–H groups in total. The van der Waals surface area contributed by atoms with Gasteiger partial charge < -0.3 is 10.2 Å². The van der Waals surface area contributed by atoms with E-state index in [-0.39, 0.29) is 17.7 Å². The Labute approximate surface area is 155 Å². The average Bonchev–Trinajstić information content (AvgIpc) is 2.60. The third-order valence-corrected chi connectivity index (χ3v) is 4.69. The van der Waals surface area contributed by atoms with Crippen LogP contribution < -0.4 is 10.2 Å². The molecule has 0 aromatic heterocycles. The van der Waals surface area contributed by atoms with Crippen molar-refractivity contribution in [2.45, 2.75) is 40.0 Å². The summed E-state index contributed by atoms with van der Waals surface area (Å²) in [5.74, 6) is 0.110. The van der Waals surface area contributed by atoms with E-state index in [0.29, 0.717) is 6.42 Å². The number of fused-ring (bicyclic) bond motifs is 1. The lowest BCUT2D eigenvalue weighted by Gasteiger charge is -2.31. The number of amides is 2. The fourth-order valence-corrected chi connectivity index (χ4v) is 3.43. The van der Waals surface area contributed by atoms with Crippen molar-refractivity contribution in [1.82, 2.24) is 0 Å². The second-order valence-electron chi connectivity index (χ2n) is 7.31. The summed E-state index contributed by atoms with van der Waals surface area (Å²) in [5, 5.41) is 2.98. The molecule has 2 aromatic carbocycles. The van der Waals surface area contributed by atoms with Crippen LogP contribution in [0.4, 0.5) is 11.4 Å². The molecule has 1 aliphatic rings. The zero-order chi connectivity index (χ0) is 18.7. The fourth-order valence-electron chi connectivity index (χ4n) is 3.43. The quantitative estimate of drug-likeness (QED) is 0.902. The molecule has 0 aliphatic carbocycles. The van der Waals surface area contributed by atoms with Gasteiger partial charge in [0.05, 0.1) is 6.42 Å². The molecule has 0 spiro atoms. The first kappa shape index (κ1) is 18.2. The molecule has 3 rings (SSSR count). The van der Waals surface area contributed by atoms with Gasteiger partial charge in [-0.15, -0.1) is 0 Å². The molecule has 0 bridgehead atoms. The molecule has 2 aromatic rings. The first-order valence-corrected chi connectivity index (χ1v) is 9.24. The van der Waals surface area contributed by atoms with Gasteiger partial charge in [0, 0.05) is 23.8 Å². The summed E-state index contributed by atoms with van der Waals surface area (Å²) in [4.78, 5) is 26.6. The number of nitrogens with zero attached hydrogens (tertiary/aromatic N) is 1. The zero-order valence-electron chi connectivity index (χ0n) is 15.7. The van der Waals surface area contributed by atoms with Crippen molar-refractivity contribution in [2.24, 2.45) is 5.92 Å². The SMILES string of the molecule is Cc1cccc(CC(=O)Nc2ccc3c(c2)CCCN3C(=O)C(C)C)c1. The van der Waals surface area contributed by atoms with Crippen LogP contribution in [0.15, 0.2) is 42.5 Å². The molecule has 0 atom stereocenters. The largest absolute Gasteiger partial charge is 0.326 e. The van der Waals surface area contributed by atoms with Crippen LogP contribution in [0, 0.1) is 12.8 Å². The zero-order valence-corrected chi connectivity index (χ0v) is 15.7. The van der Waals surface area contributed by atoms with Crippen molar-refractivity contribution in [3.8, 4) is 0 Å². The Morgan fingerprint density at radius 3 is 2.69 bits per heavy atom. The number of carbonyl (C=O) groups is 2. The van der Waals surface area contributed by atoms with Crippen LogP contribution in [0.1, 0.15) is 37.0 Å². The van der Waals surface area contributed by atoms with E-state index >= 15 is 0 Å². The third-order valence-electron chi connectivity index (χ3n) is 4.69. The maximum absolute atomic E-state index is 12.4. The molecule has 0 saturated carbocycles. The number of benzene rings is 2. The first-order valence-electron chi connectivity index (χ1n) is 9.24. The molecule has 136 valence electrons. The van der Waals surface area contributed by atoms with Crippen LogP contribution in [0.5, 0.6) is 0 Å². The standard InChI is InChI=1S/C22H26N2O2/c1-15(2)22(26)24-11-5-8-18-14-19(9-10-20(18)24)23-21(25)13-17-7-4-6-16(3)12-17/h4,6-7,9-10,12,14-15H,5,8,11,13H2,1-3H3,(H,23,25). The third kappa shape index (κ3) is 4.13. The Bertz CT molecular complexity index is 827. The van der Waals surface area contributed by atoms with Gasteiger partial charge in [-0.25, -0.2) is 0 Å². The Morgan fingerprint density at radius 1 is 1.15 bits per heavy atom. The summed E-state index contributed by atoms with van der Waals surface area (Å²) in [7, 11) is 0. The summed E-state index contributed by atoms with van der Waals surface area (Å²) in [6.45, 7) is 6.64. The van der Waals surface area contributed by atoms with E-state index in [2.05, 4.69) is 5.32 Å². The number of anilines is 2. The molecule has 0 saturated heterocycles. The van der Waals surface area contributed by atoms with Crippen LogP contribution in [-0.4, -0.2) is 18.4 Å². The van der Waals surface area contributed by atoms with Crippen LogP contribution in [0.25, 0.3) is 0 Å². The fraction of sp³-hybridized carbons (Fsp3) is 0.364. The highest BCUT2D eigenvalue weighted by atomic mass is 16.2.